The van der Waals surface area contributed by atoms with Gasteiger partial charge in [0.1, 0.15) is 13.2 Å². The number of carbonyl (C=O) groups is 3. The minimum atomic E-state index is -0.790. The van der Waals surface area contributed by atoms with Crippen LogP contribution in [-0.2, 0) is 28.6 Å². The molecule has 0 aromatic rings. The van der Waals surface area contributed by atoms with Gasteiger partial charge in [0.25, 0.3) is 0 Å². The quantitative estimate of drug-likeness (QED) is 0.0261. The second kappa shape index (κ2) is 69.8. The molecule has 0 aliphatic carbocycles. The average Bonchev–Trinajstić information content (AvgIpc) is 3.47. The summed E-state index contributed by atoms with van der Waals surface area (Å²) < 4.78 is 17.0. The van der Waals surface area contributed by atoms with E-state index in [9.17, 15) is 14.4 Å². The summed E-state index contributed by atoms with van der Waals surface area (Å²) in [4.78, 5) is 38.4. The first-order valence-corrected chi connectivity index (χ1v) is 35.2. The zero-order valence-electron chi connectivity index (χ0n) is 54.2. The maximum absolute atomic E-state index is 13.0. The molecule has 0 heterocycles. The molecule has 0 radical (unpaired) electrons. The summed E-state index contributed by atoms with van der Waals surface area (Å²) in [7, 11) is 0. The van der Waals surface area contributed by atoms with Gasteiger partial charge in [0, 0.05) is 19.3 Å². The standard InChI is InChI=1S/C76H132O6/c1-4-7-10-13-16-19-22-25-27-29-31-33-35-37-38-39-41-42-44-46-48-51-54-57-60-63-66-69-75(78)81-72-73(71-80-74(77)68-65-62-59-56-53-50-24-21-18-15-12-9-6-3)82-76(79)70-67-64-61-58-55-52-49-47-45-43-40-36-34-32-30-28-26-23-20-17-14-11-8-5-2/h7,10,16,19,21,24-25,27,31,33,37-38,41-42,46,48,73H,4-6,8-9,11-15,17-18,20,22-23,26,28-30,32,34-36,39-40,43-45,47,49-72H2,1-3H3/b10-7-,19-16-,24-21-,27-25-,33-31-,38-37-,42-41-,48-46-. The van der Waals surface area contributed by atoms with Crippen LogP contribution in [-0.4, -0.2) is 37.2 Å². The van der Waals surface area contributed by atoms with E-state index in [-0.39, 0.29) is 31.1 Å². The van der Waals surface area contributed by atoms with Crippen LogP contribution < -0.4 is 0 Å². The van der Waals surface area contributed by atoms with Crippen LogP contribution in [0.4, 0.5) is 0 Å². The zero-order chi connectivity index (χ0) is 59.2. The van der Waals surface area contributed by atoms with Gasteiger partial charge >= 0.3 is 17.9 Å². The molecule has 1 atom stereocenters. The second-order valence-corrected chi connectivity index (χ2v) is 23.4. The van der Waals surface area contributed by atoms with E-state index in [1.54, 1.807) is 0 Å². The van der Waals surface area contributed by atoms with Crippen molar-refractivity contribution in [2.24, 2.45) is 0 Å². The van der Waals surface area contributed by atoms with Gasteiger partial charge in [-0.15, -0.1) is 0 Å². The van der Waals surface area contributed by atoms with Crippen molar-refractivity contribution in [2.45, 2.75) is 354 Å². The van der Waals surface area contributed by atoms with Crippen molar-refractivity contribution in [3.05, 3.63) is 97.2 Å². The van der Waals surface area contributed by atoms with E-state index in [4.69, 9.17) is 14.2 Å². The van der Waals surface area contributed by atoms with Crippen LogP contribution >= 0.6 is 0 Å². The molecule has 0 saturated carbocycles. The number of allylic oxidation sites excluding steroid dienone is 16. The Balaban J connectivity index is 4.33. The van der Waals surface area contributed by atoms with Gasteiger partial charge in [-0.1, -0.05) is 323 Å². The number of esters is 3. The molecule has 0 bridgehead atoms. The van der Waals surface area contributed by atoms with Crippen LogP contribution in [0.1, 0.15) is 348 Å². The molecule has 82 heavy (non-hydrogen) atoms. The van der Waals surface area contributed by atoms with Crippen LogP contribution in [0.2, 0.25) is 0 Å². The van der Waals surface area contributed by atoms with Gasteiger partial charge in [0.05, 0.1) is 0 Å². The van der Waals surface area contributed by atoms with Gasteiger partial charge < -0.3 is 14.2 Å². The first-order valence-electron chi connectivity index (χ1n) is 35.2. The van der Waals surface area contributed by atoms with Crippen LogP contribution in [0, 0.1) is 0 Å². The summed E-state index contributed by atoms with van der Waals surface area (Å²) in [6, 6.07) is 0. The predicted octanol–water partition coefficient (Wildman–Crippen LogP) is 24.4. The van der Waals surface area contributed by atoms with E-state index in [2.05, 4.69) is 118 Å². The van der Waals surface area contributed by atoms with E-state index in [1.807, 2.05) is 0 Å². The fourth-order valence-corrected chi connectivity index (χ4v) is 10.1. The Hall–Kier alpha value is -3.67. The first-order chi connectivity index (χ1) is 40.5. The molecule has 472 valence electrons. The van der Waals surface area contributed by atoms with E-state index in [0.717, 1.165) is 128 Å². The van der Waals surface area contributed by atoms with Crippen molar-refractivity contribution in [1.82, 2.24) is 0 Å². The monoisotopic (exact) mass is 1140 g/mol. The van der Waals surface area contributed by atoms with Crippen LogP contribution in [0.15, 0.2) is 97.2 Å². The molecule has 0 rings (SSSR count). The highest BCUT2D eigenvalue weighted by molar-refractivity contribution is 5.71. The molecule has 0 aliphatic rings. The summed E-state index contributed by atoms with van der Waals surface area (Å²) in [6.07, 6.45) is 94.3. The Labute approximate surface area is 508 Å². The van der Waals surface area contributed by atoms with Gasteiger partial charge in [-0.05, 0) is 103 Å². The van der Waals surface area contributed by atoms with Crippen LogP contribution in [0.25, 0.3) is 0 Å². The number of unbranched alkanes of at least 4 members (excludes halogenated alkanes) is 37. The smallest absolute Gasteiger partial charge is 0.306 e. The molecule has 6 nitrogen and oxygen atoms in total. The predicted molar refractivity (Wildman–Crippen MR) is 357 cm³/mol. The Morgan fingerprint density at radius 3 is 0.768 bits per heavy atom. The van der Waals surface area contributed by atoms with Gasteiger partial charge in [-0.25, -0.2) is 0 Å². The molecule has 1 unspecified atom stereocenters. The molecule has 0 aromatic heterocycles. The molecule has 6 heteroatoms. The van der Waals surface area contributed by atoms with Gasteiger partial charge in [-0.3, -0.25) is 14.4 Å². The second-order valence-electron chi connectivity index (χ2n) is 23.4. The fourth-order valence-electron chi connectivity index (χ4n) is 10.1. The maximum Gasteiger partial charge on any atom is 0.306 e. The third-order valence-corrected chi connectivity index (χ3v) is 15.3. The maximum atomic E-state index is 13.0. The molecule has 0 amide bonds. The summed E-state index contributed by atoms with van der Waals surface area (Å²) in [6.45, 7) is 6.53. The summed E-state index contributed by atoms with van der Waals surface area (Å²) in [5.74, 6) is -0.897. The van der Waals surface area contributed by atoms with Crippen molar-refractivity contribution in [1.29, 1.82) is 0 Å². The molecule has 0 saturated heterocycles. The lowest BCUT2D eigenvalue weighted by Gasteiger charge is -2.18. The van der Waals surface area contributed by atoms with Crippen molar-refractivity contribution >= 4 is 17.9 Å². The number of hydrogen-bond acceptors (Lipinski definition) is 6. The Morgan fingerprint density at radius 1 is 0.256 bits per heavy atom. The van der Waals surface area contributed by atoms with E-state index >= 15 is 0 Å². The molecule has 0 fully saturated rings. The van der Waals surface area contributed by atoms with E-state index in [1.165, 1.54) is 180 Å². The van der Waals surface area contributed by atoms with Crippen molar-refractivity contribution in [2.75, 3.05) is 13.2 Å². The first kappa shape index (κ1) is 78.3. The lowest BCUT2D eigenvalue weighted by atomic mass is 10.0. The number of ether oxygens (including phenoxy) is 3. The third-order valence-electron chi connectivity index (χ3n) is 15.3. The van der Waals surface area contributed by atoms with Crippen molar-refractivity contribution in [3.8, 4) is 0 Å². The summed E-state index contributed by atoms with van der Waals surface area (Å²) in [5.41, 5.74) is 0. The molecule has 0 aromatic carbocycles. The lowest BCUT2D eigenvalue weighted by molar-refractivity contribution is -0.167. The van der Waals surface area contributed by atoms with Crippen molar-refractivity contribution < 1.29 is 28.6 Å². The zero-order valence-corrected chi connectivity index (χ0v) is 54.2. The van der Waals surface area contributed by atoms with Crippen LogP contribution in [0.5, 0.6) is 0 Å². The fraction of sp³-hybridized carbons (Fsp3) is 0.750. The van der Waals surface area contributed by atoms with Crippen LogP contribution in [0.3, 0.4) is 0 Å². The molecule has 0 aliphatic heterocycles. The van der Waals surface area contributed by atoms with E-state index in [0.29, 0.717) is 19.3 Å². The average molecular weight is 1140 g/mol. The SMILES string of the molecule is CC/C=C\C/C=C\C/C=C\C/C=C\C/C=C\C/C=C\C/C=C\CCCCCCCC(=O)OCC(COC(=O)CCCCCCC/C=C\CCCCCC)OC(=O)CCCCCCCCCCCCCCCCCCCCCCCCCC. The molecule has 0 N–H and O–H groups in total. The number of carbonyl (C=O) groups excluding carboxylic acids is 3. The van der Waals surface area contributed by atoms with Gasteiger partial charge in [-0.2, -0.15) is 0 Å². The highest BCUT2D eigenvalue weighted by Gasteiger charge is 2.19. The minimum Gasteiger partial charge on any atom is -0.462 e. The Morgan fingerprint density at radius 2 is 0.476 bits per heavy atom. The van der Waals surface area contributed by atoms with Crippen molar-refractivity contribution in [3.63, 3.8) is 0 Å². The topological polar surface area (TPSA) is 78.9 Å². The largest absolute Gasteiger partial charge is 0.462 e. The normalized spacial score (nSPS) is 12.7. The molecule has 0 spiro atoms. The summed E-state index contributed by atoms with van der Waals surface area (Å²) in [5, 5.41) is 0. The molecular weight excluding hydrogens is 1010 g/mol. The molecular formula is C76H132O6. The van der Waals surface area contributed by atoms with Gasteiger partial charge in [0.15, 0.2) is 6.10 Å². The Bertz CT molecular complexity index is 1590. The third kappa shape index (κ3) is 67.1. The minimum absolute atomic E-state index is 0.0854. The van der Waals surface area contributed by atoms with E-state index < -0.39 is 6.10 Å². The highest BCUT2D eigenvalue weighted by Crippen LogP contribution is 2.18. The van der Waals surface area contributed by atoms with Gasteiger partial charge in [0.2, 0.25) is 0 Å². The highest BCUT2D eigenvalue weighted by atomic mass is 16.6. The number of hydrogen-bond donors (Lipinski definition) is 0. The Kier molecular flexibility index (Phi) is 66.7. The summed E-state index contributed by atoms with van der Waals surface area (Å²) >= 11 is 0. The lowest BCUT2D eigenvalue weighted by Crippen LogP contribution is -2.30. The number of rotatable bonds is 64.